The van der Waals surface area contributed by atoms with Crippen LogP contribution in [-0.4, -0.2) is 55.7 Å². The first-order valence-electron chi connectivity index (χ1n) is 10.5. The van der Waals surface area contributed by atoms with E-state index in [1.54, 1.807) is 27.9 Å². The summed E-state index contributed by atoms with van der Waals surface area (Å²) < 4.78 is 22.0. The molecule has 0 radical (unpaired) electrons. The third-order valence-corrected chi connectivity index (χ3v) is 6.12. The number of hydrogen-bond acceptors (Lipinski definition) is 7. The Balaban J connectivity index is 1.70. The van der Waals surface area contributed by atoms with Crippen LogP contribution in [0.25, 0.3) is 0 Å². The van der Waals surface area contributed by atoms with Crippen molar-refractivity contribution in [3.63, 3.8) is 0 Å². The summed E-state index contributed by atoms with van der Waals surface area (Å²) in [6.07, 6.45) is 1.08. The van der Waals surface area contributed by atoms with Crippen molar-refractivity contribution in [2.24, 2.45) is 0 Å². The van der Waals surface area contributed by atoms with E-state index in [0.29, 0.717) is 39.8 Å². The maximum atomic E-state index is 13.4. The van der Waals surface area contributed by atoms with Crippen LogP contribution in [0.1, 0.15) is 62.6 Å². The van der Waals surface area contributed by atoms with Gasteiger partial charge in [0, 0.05) is 35.8 Å². The predicted molar refractivity (Wildman–Crippen MR) is 113 cm³/mol. The van der Waals surface area contributed by atoms with E-state index in [1.165, 1.54) is 0 Å². The highest BCUT2D eigenvalue weighted by atomic mass is 16.7. The van der Waals surface area contributed by atoms with Crippen LogP contribution in [0.15, 0.2) is 6.07 Å². The number of carbonyl (C=O) groups is 2. The number of fused-ring (bicyclic) bond motifs is 2. The van der Waals surface area contributed by atoms with E-state index in [-0.39, 0.29) is 31.6 Å². The van der Waals surface area contributed by atoms with Gasteiger partial charge in [0.05, 0.1) is 13.7 Å². The monoisotopic (exact) mass is 428 g/mol. The number of Topliss-reactive ketones (excluding diaryl/α,β-unsaturated/α-hetero) is 1. The molecule has 0 unspecified atom stereocenters. The van der Waals surface area contributed by atoms with Crippen molar-refractivity contribution in [3.05, 3.63) is 39.7 Å². The first-order chi connectivity index (χ1) is 14.9. The van der Waals surface area contributed by atoms with Crippen molar-refractivity contribution in [1.82, 2.24) is 9.88 Å². The number of ketones is 1. The van der Waals surface area contributed by atoms with Crippen LogP contribution in [-0.2, 0) is 11.2 Å². The van der Waals surface area contributed by atoms with Gasteiger partial charge in [-0.25, -0.2) is 4.79 Å². The summed E-state index contributed by atoms with van der Waals surface area (Å²) in [5.41, 5.74) is 4.24. The SMILES string of the molecule is CCOC(=O)c1[nH]c(C)c(C(=O)C[C@H]2c3c(cc4c(c3OC)OCO4)CCN2C)c1C. The van der Waals surface area contributed by atoms with Crippen molar-refractivity contribution in [3.8, 4) is 17.2 Å². The number of esters is 1. The summed E-state index contributed by atoms with van der Waals surface area (Å²) in [7, 11) is 3.61. The van der Waals surface area contributed by atoms with E-state index in [9.17, 15) is 9.59 Å². The molecule has 2 aliphatic heterocycles. The number of rotatable bonds is 6. The fourth-order valence-electron chi connectivity index (χ4n) is 4.64. The molecule has 31 heavy (non-hydrogen) atoms. The summed E-state index contributed by atoms with van der Waals surface area (Å²) in [6, 6.07) is 1.82. The van der Waals surface area contributed by atoms with E-state index in [4.69, 9.17) is 18.9 Å². The number of nitrogens with zero attached hydrogens (tertiary/aromatic N) is 1. The number of nitrogens with one attached hydrogen (secondary N) is 1. The molecular formula is C23H28N2O6. The maximum Gasteiger partial charge on any atom is 0.355 e. The topological polar surface area (TPSA) is 90.1 Å². The number of H-pyrrole nitrogens is 1. The van der Waals surface area contributed by atoms with Crippen LogP contribution in [0.3, 0.4) is 0 Å². The zero-order valence-electron chi connectivity index (χ0n) is 18.6. The lowest BCUT2D eigenvalue weighted by molar-refractivity contribution is 0.0519. The lowest BCUT2D eigenvalue weighted by atomic mass is 9.87. The minimum Gasteiger partial charge on any atom is -0.492 e. The first-order valence-corrected chi connectivity index (χ1v) is 10.5. The third kappa shape index (κ3) is 3.54. The van der Waals surface area contributed by atoms with Gasteiger partial charge in [0.25, 0.3) is 0 Å². The molecule has 1 aromatic heterocycles. The van der Waals surface area contributed by atoms with Crippen LogP contribution in [0.2, 0.25) is 0 Å². The Bertz CT molecular complexity index is 1040. The zero-order chi connectivity index (χ0) is 22.3. The number of aromatic nitrogens is 1. The second kappa shape index (κ2) is 8.26. The van der Waals surface area contributed by atoms with Gasteiger partial charge >= 0.3 is 5.97 Å². The molecule has 1 aromatic carbocycles. The van der Waals surface area contributed by atoms with Gasteiger partial charge < -0.3 is 23.9 Å². The van der Waals surface area contributed by atoms with E-state index >= 15 is 0 Å². The molecule has 0 spiro atoms. The first kappa shape index (κ1) is 21.2. The Kier molecular flexibility index (Phi) is 5.66. The molecule has 0 saturated heterocycles. The van der Waals surface area contributed by atoms with Gasteiger partial charge in [-0.2, -0.15) is 0 Å². The average molecular weight is 428 g/mol. The Morgan fingerprint density at radius 1 is 1.29 bits per heavy atom. The normalized spacial score (nSPS) is 17.4. The molecule has 2 aliphatic rings. The number of methoxy groups -OCH3 is 1. The summed E-state index contributed by atoms with van der Waals surface area (Å²) in [5, 5.41) is 0. The van der Waals surface area contributed by atoms with Crippen LogP contribution in [0.4, 0.5) is 0 Å². The van der Waals surface area contributed by atoms with Crippen molar-refractivity contribution in [1.29, 1.82) is 0 Å². The smallest absolute Gasteiger partial charge is 0.355 e. The van der Waals surface area contributed by atoms with Crippen molar-refractivity contribution < 1.29 is 28.5 Å². The average Bonchev–Trinajstić information content (AvgIpc) is 3.32. The Labute approximate surface area is 181 Å². The minimum atomic E-state index is -0.448. The zero-order valence-corrected chi connectivity index (χ0v) is 18.6. The molecule has 0 fully saturated rings. The summed E-state index contributed by atoms with van der Waals surface area (Å²) in [5.74, 6) is 1.42. The summed E-state index contributed by atoms with van der Waals surface area (Å²) in [6.45, 7) is 6.59. The number of likely N-dealkylation sites (N-methyl/N-ethyl adjacent to an activating group) is 1. The Hall–Kier alpha value is -3.00. The highest BCUT2D eigenvalue weighted by molar-refractivity contribution is 6.02. The number of aromatic amines is 1. The minimum absolute atomic E-state index is 0.0359. The van der Waals surface area contributed by atoms with Crippen molar-refractivity contribution >= 4 is 11.8 Å². The summed E-state index contributed by atoms with van der Waals surface area (Å²) >= 11 is 0. The van der Waals surface area contributed by atoms with Crippen LogP contribution in [0, 0.1) is 13.8 Å². The number of benzene rings is 1. The fraction of sp³-hybridized carbons (Fsp3) is 0.478. The highest BCUT2D eigenvalue weighted by Gasteiger charge is 2.36. The van der Waals surface area contributed by atoms with Gasteiger partial charge in [-0.05, 0) is 51.4 Å². The molecule has 4 rings (SSSR count). The highest BCUT2D eigenvalue weighted by Crippen LogP contribution is 2.50. The van der Waals surface area contributed by atoms with Gasteiger partial charge in [-0.15, -0.1) is 0 Å². The number of carbonyl (C=O) groups excluding carboxylic acids is 2. The quantitative estimate of drug-likeness (QED) is 0.557. The number of hydrogen-bond donors (Lipinski definition) is 1. The molecule has 1 N–H and O–H groups in total. The fourth-order valence-corrected chi connectivity index (χ4v) is 4.64. The van der Waals surface area contributed by atoms with Crippen molar-refractivity contribution in [2.45, 2.75) is 39.7 Å². The molecule has 0 saturated carbocycles. The van der Waals surface area contributed by atoms with Crippen LogP contribution >= 0.6 is 0 Å². The van der Waals surface area contributed by atoms with Crippen LogP contribution < -0.4 is 14.2 Å². The Morgan fingerprint density at radius 3 is 2.77 bits per heavy atom. The molecule has 2 aromatic rings. The van der Waals surface area contributed by atoms with Crippen molar-refractivity contribution in [2.75, 3.05) is 34.1 Å². The van der Waals surface area contributed by atoms with E-state index in [0.717, 1.165) is 24.1 Å². The molecule has 1 atom stereocenters. The standard InChI is InChI=1S/C23H28N2O6/c1-6-29-23(27)20-12(2)18(13(3)24-20)16(26)10-15-19-14(7-8-25(15)4)9-17-21(22(19)28-5)31-11-30-17/h9,15,24H,6-8,10-11H2,1-5H3/t15-/m0/s1. The number of aryl methyl sites for hydroxylation is 1. The second-order valence-electron chi connectivity index (χ2n) is 7.94. The van der Waals surface area contributed by atoms with Gasteiger partial charge in [-0.3, -0.25) is 9.69 Å². The second-order valence-corrected chi connectivity index (χ2v) is 7.94. The Morgan fingerprint density at radius 2 is 2.06 bits per heavy atom. The lowest BCUT2D eigenvalue weighted by Crippen LogP contribution is -2.34. The van der Waals surface area contributed by atoms with Gasteiger partial charge in [0.1, 0.15) is 5.69 Å². The van der Waals surface area contributed by atoms with E-state index in [2.05, 4.69) is 9.88 Å². The van der Waals surface area contributed by atoms with Gasteiger partial charge in [0.15, 0.2) is 17.3 Å². The molecule has 0 aliphatic carbocycles. The maximum absolute atomic E-state index is 13.4. The molecule has 8 nitrogen and oxygen atoms in total. The molecular weight excluding hydrogens is 400 g/mol. The van der Waals surface area contributed by atoms with Gasteiger partial charge in [0.2, 0.25) is 12.5 Å². The van der Waals surface area contributed by atoms with Crippen LogP contribution in [0.5, 0.6) is 17.2 Å². The largest absolute Gasteiger partial charge is 0.492 e. The molecule has 0 bridgehead atoms. The molecule has 166 valence electrons. The molecule has 3 heterocycles. The molecule has 0 amide bonds. The van der Waals surface area contributed by atoms with E-state index in [1.807, 2.05) is 13.1 Å². The molecule has 8 heteroatoms. The van der Waals surface area contributed by atoms with E-state index < -0.39 is 5.97 Å². The summed E-state index contributed by atoms with van der Waals surface area (Å²) in [4.78, 5) is 30.9. The predicted octanol–water partition coefficient (Wildman–Crippen LogP) is 3.35. The van der Waals surface area contributed by atoms with Gasteiger partial charge in [-0.1, -0.05) is 0 Å². The lowest BCUT2D eigenvalue weighted by Gasteiger charge is -2.35. The third-order valence-electron chi connectivity index (χ3n) is 6.12. The number of ether oxygens (including phenoxy) is 4.